The topological polar surface area (TPSA) is 93.7 Å². The fourth-order valence-corrected chi connectivity index (χ4v) is 3.40. The molecular formula is C22H21ClN2O5. The van der Waals surface area contributed by atoms with Gasteiger partial charge in [0.05, 0.1) is 5.92 Å². The average molecular weight is 429 g/mol. The van der Waals surface area contributed by atoms with Crippen molar-refractivity contribution in [2.24, 2.45) is 5.92 Å². The molecule has 1 atom stereocenters. The summed E-state index contributed by atoms with van der Waals surface area (Å²) >= 11 is 5.99. The van der Waals surface area contributed by atoms with Gasteiger partial charge in [0.1, 0.15) is 12.4 Å². The summed E-state index contributed by atoms with van der Waals surface area (Å²) in [5.41, 5.74) is 1.76. The van der Waals surface area contributed by atoms with Crippen LogP contribution in [0.5, 0.6) is 5.75 Å². The van der Waals surface area contributed by atoms with Crippen molar-refractivity contribution in [2.45, 2.75) is 25.3 Å². The third kappa shape index (κ3) is 5.10. The van der Waals surface area contributed by atoms with E-state index >= 15 is 0 Å². The van der Waals surface area contributed by atoms with Gasteiger partial charge < -0.3 is 20.1 Å². The summed E-state index contributed by atoms with van der Waals surface area (Å²) in [5.74, 6) is -0.959. The van der Waals surface area contributed by atoms with Gasteiger partial charge >= 0.3 is 5.97 Å². The third-order valence-corrected chi connectivity index (χ3v) is 5.16. The van der Waals surface area contributed by atoms with Gasteiger partial charge in [-0.2, -0.15) is 0 Å². The van der Waals surface area contributed by atoms with Crippen molar-refractivity contribution in [1.29, 1.82) is 0 Å². The predicted molar refractivity (Wildman–Crippen MR) is 111 cm³/mol. The molecular weight excluding hydrogens is 408 g/mol. The minimum atomic E-state index is -0.506. The molecule has 1 fully saturated rings. The maximum atomic E-state index is 12.3. The highest BCUT2D eigenvalue weighted by atomic mass is 35.5. The standard InChI is InChI=1S/C22H21ClN2O5/c23-16-4-7-19-14(9-16)8-15(11-29-19)22(28)30-12-20(26)24-18-3-1-2-13(10-18)21(27)25-17-5-6-17/h1-4,7,9-10,15,17H,5-6,8,11-12H2,(H,24,26)(H,25,27). The predicted octanol–water partition coefficient (Wildman–Crippen LogP) is 2.97. The van der Waals surface area contributed by atoms with E-state index in [-0.39, 0.29) is 18.6 Å². The quantitative estimate of drug-likeness (QED) is 0.690. The first-order chi connectivity index (χ1) is 14.5. The number of fused-ring (bicyclic) bond motifs is 1. The van der Waals surface area contributed by atoms with Gasteiger partial charge in [0.15, 0.2) is 6.61 Å². The molecule has 0 spiro atoms. The number of halogens is 1. The van der Waals surface area contributed by atoms with Crippen molar-refractivity contribution in [3.05, 3.63) is 58.6 Å². The molecule has 1 aliphatic carbocycles. The summed E-state index contributed by atoms with van der Waals surface area (Å²) in [5, 5.41) is 6.11. The van der Waals surface area contributed by atoms with Crippen LogP contribution in [-0.4, -0.2) is 37.0 Å². The zero-order valence-electron chi connectivity index (χ0n) is 16.2. The van der Waals surface area contributed by atoms with Crippen LogP contribution in [0, 0.1) is 5.92 Å². The Labute approximate surface area is 178 Å². The number of ether oxygens (including phenoxy) is 2. The van der Waals surface area contributed by atoms with E-state index < -0.39 is 24.4 Å². The Morgan fingerprint density at radius 1 is 1.13 bits per heavy atom. The second-order valence-corrected chi connectivity index (χ2v) is 7.88. The van der Waals surface area contributed by atoms with Crippen molar-refractivity contribution < 1.29 is 23.9 Å². The van der Waals surface area contributed by atoms with Crippen LogP contribution in [0.2, 0.25) is 5.02 Å². The molecule has 2 aromatic carbocycles. The van der Waals surface area contributed by atoms with Crippen LogP contribution in [0.25, 0.3) is 0 Å². The third-order valence-electron chi connectivity index (χ3n) is 4.93. The van der Waals surface area contributed by atoms with Crippen LogP contribution < -0.4 is 15.4 Å². The zero-order valence-corrected chi connectivity index (χ0v) is 16.9. The molecule has 156 valence electrons. The molecule has 2 amide bonds. The maximum absolute atomic E-state index is 12.3. The fourth-order valence-electron chi connectivity index (χ4n) is 3.20. The number of hydrogen-bond donors (Lipinski definition) is 2. The van der Waals surface area contributed by atoms with Crippen LogP contribution in [-0.2, 0) is 20.7 Å². The van der Waals surface area contributed by atoms with Crippen molar-refractivity contribution >= 4 is 35.1 Å². The minimum Gasteiger partial charge on any atom is -0.492 e. The van der Waals surface area contributed by atoms with Gasteiger partial charge in [-0.05, 0) is 61.2 Å². The molecule has 1 aliphatic heterocycles. The molecule has 8 heteroatoms. The average Bonchev–Trinajstić information content (AvgIpc) is 3.55. The van der Waals surface area contributed by atoms with Gasteiger partial charge in [-0.15, -0.1) is 0 Å². The number of hydrogen-bond acceptors (Lipinski definition) is 5. The Hall–Kier alpha value is -3.06. The summed E-state index contributed by atoms with van der Waals surface area (Å²) in [7, 11) is 0. The molecule has 1 saturated carbocycles. The van der Waals surface area contributed by atoms with E-state index in [1.54, 1.807) is 42.5 Å². The second-order valence-electron chi connectivity index (χ2n) is 7.45. The Morgan fingerprint density at radius 2 is 1.97 bits per heavy atom. The lowest BCUT2D eigenvalue weighted by Gasteiger charge is -2.24. The van der Waals surface area contributed by atoms with Crippen LogP contribution in [0.4, 0.5) is 5.69 Å². The zero-order chi connectivity index (χ0) is 21.1. The highest BCUT2D eigenvalue weighted by molar-refractivity contribution is 6.30. The summed E-state index contributed by atoms with van der Waals surface area (Å²) in [6, 6.07) is 12.1. The molecule has 1 heterocycles. The molecule has 0 aromatic heterocycles. The van der Waals surface area contributed by atoms with Crippen LogP contribution in [0.15, 0.2) is 42.5 Å². The number of rotatable bonds is 6. The summed E-state index contributed by atoms with van der Waals surface area (Å²) in [4.78, 5) is 36.6. The number of carbonyl (C=O) groups is 3. The lowest BCUT2D eigenvalue weighted by atomic mass is 9.97. The molecule has 1 unspecified atom stereocenters. The highest BCUT2D eigenvalue weighted by Gasteiger charge is 2.28. The van der Waals surface area contributed by atoms with E-state index in [0.717, 1.165) is 18.4 Å². The Kier molecular flexibility index (Phi) is 5.90. The van der Waals surface area contributed by atoms with E-state index in [1.165, 1.54) is 0 Å². The molecule has 2 N–H and O–H groups in total. The lowest BCUT2D eigenvalue weighted by molar-refractivity contribution is -0.152. The lowest BCUT2D eigenvalue weighted by Crippen LogP contribution is -2.32. The van der Waals surface area contributed by atoms with Gasteiger partial charge in [-0.1, -0.05) is 17.7 Å². The van der Waals surface area contributed by atoms with Gasteiger partial charge in [-0.25, -0.2) is 0 Å². The van der Waals surface area contributed by atoms with E-state index in [4.69, 9.17) is 21.1 Å². The maximum Gasteiger partial charge on any atom is 0.313 e. The van der Waals surface area contributed by atoms with Crippen molar-refractivity contribution in [3.63, 3.8) is 0 Å². The normalized spacial score (nSPS) is 17.3. The van der Waals surface area contributed by atoms with Crippen molar-refractivity contribution in [3.8, 4) is 5.75 Å². The number of benzene rings is 2. The SMILES string of the molecule is O=C(COC(=O)C1COc2ccc(Cl)cc2C1)Nc1cccc(C(=O)NC2CC2)c1. The van der Waals surface area contributed by atoms with E-state index in [2.05, 4.69) is 10.6 Å². The first-order valence-electron chi connectivity index (χ1n) is 9.76. The summed E-state index contributed by atoms with van der Waals surface area (Å²) < 4.78 is 10.7. The largest absolute Gasteiger partial charge is 0.492 e. The Bertz CT molecular complexity index is 989. The van der Waals surface area contributed by atoms with Gasteiger partial charge in [0.2, 0.25) is 0 Å². The number of amides is 2. The van der Waals surface area contributed by atoms with Crippen LogP contribution in [0.3, 0.4) is 0 Å². The smallest absolute Gasteiger partial charge is 0.313 e. The number of carbonyl (C=O) groups excluding carboxylic acids is 3. The number of anilines is 1. The molecule has 7 nitrogen and oxygen atoms in total. The van der Waals surface area contributed by atoms with Gasteiger partial charge in [0, 0.05) is 22.3 Å². The van der Waals surface area contributed by atoms with Crippen molar-refractivity contribution in [1.82, 2.24) is 5.32 Å². The Balaban J connectivity index is 1.27. The molecule has 2 aliphatic rings. The monoisotopic (exact) mass is 428 g/mol. The minimum absolute atomic E-state index is 0.169. The van der Waals surface area contributed by atoms with Gasteiger partial charge in [-0.3, -0.25) is 14.4 Å². The van der Waals surface area contributed by atoms with Crippen LogP contribution in [0.1, 0.15) is 28.8 Å². The molecule has 0 bridgehead atoms. The first-order valence-corrected chi connectivity index (χ1v) is 10.1. The molecule has 0 saturated heterocycles. The summed E-state index contributed by atoms with van der Waals surface area (Å²) in [6.45, 7) is -0.233. The van der Waals surface area contributed by atoms with Crippen molar-refractivity contribution in [2.75, 3.05) is 18.5 Å². The summed E-state index contributed by atoms with van der Waals surface area (Å²) in [6.07, 6.45) is 2.44. The molecule has 30 heavy (non-hydrogen) atoms. The fraction of sp³-hybridized carbons (Fsp3) is 0.318. The highest BCUT2D eigenvalue weighted by Crippen LogP contribution is 2.30. The second kappa shape index (κ2) is 8.75. The van der Waals surface area contributed by atoms with Crippen LogP contribution >= 0.6 is 11.6 Å². The van der Waals surface area contributed by atoms with E-state index in [1.807, 2.05) is 0 Å². The van der Waals surface area contributed by atoms with Gasteiger partial charge in [0.25, 0.3) is 11.8 Å². The Morgan fingerprint density at radius 3 is 2.77 bits per heavy atom. The molecule has 2 aromatic rings. The van der Waals surface area contributed by atoms with E-state index in [9.17, 15) is 14.4 Å². The van der Waals surface area contributed by atoms with E-state index in [0.29, 0.717) is 28.4 Å². The molecule has 0 radical (unpaired) electrons. The first kappa shape index (κ1) is 20.2. The number of esters is 1. The number of nitrogens with one attached hydrogen (secondary N) is 2. The molecule has 4 rings (SSSR count).